The molecule has 5 heteroatoms. The first-order valence-electron chi connectivity index (χ1n) is 5.49. The Bertz CT molecular complexity index is 383. The number of aromatic nitrogens is 1. The van der Waals surface area contributed by atoms with Crippen molar-refractivity contribution in [3.8, 4) is 0 Å². The van der Waals surface area contributed by atoms with E-state index in [1.807, 2.05) is 13.8 Å². The number of amides is 1. The summed E-state index contributed by atoms with van der Waals surface area (Å²) in [4.78, 5) is 17.4. The third-order valence-electron chi connectivity index (χ3n) is 2.20. The average Bonchev–Trinajstić information content (AvgIpc) is 2.27. The molecule has 0 fully saturated rings. The summed E-state index contributed by atoms with van der Waals surface area (Å²) in [7, 11) is 1.74. The number of likely N-dealkylation sites (N-methyl/N-ethyl adjacent to an activating group) is 1. The minimum Gasteiger partial charge on any atom is -0.377 e. The molecule has 0 aromatic carbocycles. The molecule has 94 valence electrons. The van der Waals surface area contributed by atoms with E-state index in [1.54, 1.807) is 24.1 Å². The van der Waals surface area contributed by atoms with Crippen LogP contribution in [0.4, 0.5) is 0 Å². The lowest BCUT2D eigenvalue weighted by Gasteiger charge is -2.18. The number of ether oxygens (including phenoxy) is 1. The molecule has 1 amide bonds. The summed E-state index contributed by atoms with van der Waals surface area (Å²) in [6, 6.07) is 3.21. The molecule has 17 heavy (non-hydrogen) atoms. The van der Waals surface area contributed by atoms with Gasteiger partial charge in [-0.2, -0.15) is 0 Å². The molecule has 0 saturated carbocycles. The van der Waals surface area contributed by atoms with E-state index in [0.29, 0.717) is 23.9 Å². The van der Waals surface area contributed by atoms with Gasteiger partial charge in [0.1, 0.15) is 5.15 Å². The normalized spacial score (nSPS) is 10.6. The summed E-state index contributed by atoms with van der Waals surface area (Å²) >= 11 is 5.73. The van der Waals surface area contributed by atoms with Gasteiger partial charge in [0.15, 0.2) is 0 Å². The van der Waals surface area contributed by atoms with Crippen LogP contribution in [0.1, 0.15) is 24.2 Å². The van der Waals surface area contributed by atoms with Crippen LogP contribution in [0.2, 0.25) is 5.15 Å². The van der Waals surface area contributed by atoms with Crippen molar-refractivity contribution in [2.45, 2.75) is 20.0 Å². The summed E-state index contributed by atoms with van der Waals surface area (Å²) in [5.41, 5.74) is 0.539. The highest BCUT2D eigenvalue weighted by Crippen LogP contribution is 2.09. The van der Waals surface area contributed by atoms with Gasteiger partial charge in [-0.15, -0.1) is 0 Å². The van der Waals surface area contributed by atoms with Crippen LogP contribution >= 0.6 is 11.6 Å². The van der Waals surface area contributed by atoms with E-state index >= 15 is 0 Å². The fraction of sp³-hybridized carbons (Fsp3) is 0.500. The minimum atomic E-state index is -0.0818. The lowest BCUT2D eigenvalue weighted by atomic mass is 10.2. The molecule has 0 unspecified atom stereocenters. The van der Waals surface area contributed by atoms with Crippen molar-refractivity contribution >= 4 is 17.5 Å². The van der Waals surface area contributed by atoms with Gasteiger partial charge in [-0.25, -0.2) is 4.98 Å². The number of carbonyl (C=O) groups excluding carboxylic acids is 1. The maximum absolute atomic E-state index is 12.0. The predicted molar refractivity (Wildman–Crippen MR) is 67.3 cm³/mol. The van der Waals surface area contributed by atoms with Gasteiger partial charge in [0.05, 0.1) is 12.7 Å². The van der Waals surface area contributed by atoms with Gasteiger partial charge in [0.25, 0.3) is 5.91 Å². The van der Waals surface area contributed by atoms with E-state index in [-0.39, 0.29) is 12.0 Å². The van der Waals surface area contributed by atoms with Crippen LogP contribution < -0.4 is 0 Å². The van der Waals surface area contributed by atoms with Crippen molar-refractivity contribution in [2.24, 2.45) is 0 Å². The fourth-order valence-electron chi connectivity index (χ4n) is 1.28. The van der Waals surface area contributed by atoms with Crippen LogP contribution in [0.25, 0.3) is 0 Å². The van der Waals surface area contributed by atoms with Gasteiger partial charge in [-0.05, 0) is 26.0 Å². The first kappa shape index (κ1) is 13.9. The van der Waals surface area contributed by atoms with Crippen molar-refractivity contribution < 1.29 is 9.53 Å². The standard InChI is InChI=1S/C12H17ClN2O2/c1-9(2)17-7-6-15(3)12(16)10-4-5-14-11(13)8-10/h4-5,8-9H,6-7H2,1-3H3. The third kappa shape index (κ3) is 4.71. The quantitative estimate of drug-likeness (QED) is 0.759. The number of hydrogen-bond acceptors (Lipinski definition) is 3. The zero-order valence-corrected chi connectivity index (χ0v) is 11.1. The number of pyridine rings is 1. The van der Waals surface area contributed by atoms with Gasteiger partial charge in [0.2, 0.25) is 0 Å². The number of carbonyl (C=O) groups is 1. The molecular weight excluding hydrogens is 240 g/mol. The van der Waals surface area contributed by atoms with E-state index in [1.165, 1.54) is 6.20 Å². The first-order valence-corrected chi connectivity index (χ1v) is 5.87. The molecule has 0 radical (unpaired) electrons. The summed E-state index contributed by atoms with van der Waals surface area (Å²) < 4.78 is 5.39. The molecule has 4 nitrogen and oxygen atoms in total. The second-order valence-corrected chi connectivity index (χ2v) is 4.40. The maximum atomic E-state index is 12.0. The molecule has 0 atom stereocenters. The second-order valence-electron chi connectivity index (χ2n) is 4.01. The van der Waals surface area contributed by atoms with E-state index in [0.717, 1.165) is 0 Å². The monoisotopic (exact) mass is 256 g/mol. The number of halogens is 1. The van der Waals surface area contributed by atoms with Crippen LogP contribution in [0, 0.1) is 0 Å². The predicted octanol–water partition coefficient (Wildman–Crippen LogP) is 2.23. The molecule has 0 bridgehead atoms. The highest BCUT2D eigenvalue weighted by Gasteiger charge is 2.11. The third-order valence-corrected chi connectivity index (χ3v) is 2.40. The topological polar surface area (TPSA) is 42.4 Å². The number of rotatable bonds is 5. The zero-order chi connectivity index (χ0) is 12.8. The Balaban J connectivity index is 2.52. The Hall–Kier alpha value is -1.13. The van der Waals surface area contributed by atoms with Crippen LogP contribution in [0.3, 0.4) is 0 Å². The van der Waals surface area contributed by atoms with Crippen LogP contribution in [-0.4, -0.2) is 42.1 Å². The second kappa shape index (κ2) is 6.57. The Labute approximate surface area is 107 Å². The summed E-state index contributed by atoms with van der Waals surface area (Å²) in [6.07, 6.45) is 1.70. The van der Waals surface area contributed by atoms with E-state index in [2.05, 4.69) is 4.98 Å². The number of hydrogen-bond donors (Lipinski definition) is 0. The Morgan fingerprint density at radius 2 is 2.29 bits per heavy atom. The lowest BCUT2D eigenvalue weighted by Crippen LogP contribution is -2.30. The summed E-state index contributed by atoms with van der Waals surface area (Å²) in [5.74, 6) is -0.0818. The largest absolute Gasteiger partial charge is 0.377 e. The van der Waals surface area contributed by atoms with E-state index in [9.17, 15) is 4.79 Å². The van der Waals surface area contributed by atoms with E-state index < -0.39 is 0 Å². The fourth-order valence-corrected chi connectivity index (χ4v) is 1.46. The SMILES string of the molecule is CC(C)OCCN(C)C(=O)c1ccnc(Cl)c1. The van der Waals surface area contributed by atoms with Gasteiger partial charge in [0, 0.05) is 25.4 Å². The lowest BCUT2D eigenvalue weighted by molar-refractivity contribution is 0.0532. The summed E-state index contributed by atoms with van der Waals surface area (Å²) in [5, 5.41) is 0.322. The van der Waals surface area contributed by atoms with Crippen LogP contribution in [0.5, 0.6) is 0 Å². The molecule has 1 heterocycles. The highest BCUT2D eigenvalue weighted by molar-refractivity contribution is 6.29. The molecule has 0 N–H and O–H groups in total. The molecule has 0 aliphatic heterocycles. The van der Waals surface area contributed by atoms with E-state index in [4.69, 9.17) is 16.3 Å². The molecule has 0 aliphatic rings. The molecule has 1 aromatic rings. The zero-order valence-electron chi connectivity index (χ0n) is 10.3. The molecule has 1 aromatic heterocycles. The van der Waals surface area contributed by atoms with Crippen molar-refractivity contribution in [3.05, 3.63) is 29.0 Å². The van der Waals surface area contributed by atoms with Gasteiger partial charge in [-0.3, -0.25) is 4.79 Å². The van der Waals surface area contributed by atoms with Gasteiger partial charge in [-0.1, -0.05) is 11.6 Å². The van der Waals surface area contributed by atoms with Gasteiger partial charge >= 0.3 is 0 Å². The average molecular weight is 257 g/mol. The van der Waals surface area contributed by atoms with Crippen molar-refractivity contribution in [3.63, 3.8) is 0 Å². The first-order chi connectivity index (χ1) is 8.00. The summed E-state index contributed by atoms with van der Waals surface area (Å²) in [6.45, 7) is 5.00. The highest BCUT2D eigenvalue weighted by atomic mass is 35.5. The molecule has 1 rings (SSSR count). The van der Waals surface area contributed by atoms with Gasteiger partial charge < -0.3 is 9.64 Å². The Morgan fingerprint density at radius 1 is 1.59 bits per heavy atom. The van der Waals surface area contributed by atoms with Crippen LogP contribution in [0.15, 0.2) is 18.3 Å². The van der Waals surface area contributed by atoms with Crippen molar-refractivity contribution in [2.75, 3.05) is 20.2 Å². The van der Waals surface area contributed by atoms with Crippen molar-refractivity contribution in [1.29, 1.82) is 0 Å². The number of nitrogens with zero attached hydrogens (tertiary/aromatic N) is 2. The molecule has 0 aliphatic carbocycles. The minimum absolute atomic E-state index is 0.0818. The van der Waals surface area contributed by atoms with Crippen LogP contribution in [-0.2, 0) is 4.74 Å². The smallest absolute Gasteiger partial charge is 0.253 e. The molecular formula is C12H17ClN2O2. The molecule has 0 spiro atoms. The molecule has 0 saturated heterocycles. The Morgan fingerprint density at radius 3 is 2.88 bits per heavy atom. The van der Waals surface area contributed by atoms with Crippen molar-refractivity contribution in [1.82, 2.24) is 9.88 Å². The Kier molecular flexibility index (Phi) is 5.38. The maximum Gasteiger partial charge on any atom is 0.253 e.